The van der Waals surface area contributed by atoms with E-state index in [1.165, 1.54) is 30.3 Å². The van der Waals surface area contributed by atoms with Crippen LogP contribution in [0.15, 0.2) is 47.4 Å². The fourth-order valence-electron chi connectivity index (χ4n) is 3.36. The van der Waals surface area contributed by atoms with Crippen molar-refractivity contribution in [3.05, 3.63) is 65.0 Å². The van der Waals surface area contributed by atoms with Crippen LogP contribution in [0.5, 0.6) is 0 Å². The standard InChI is InChI=1S/C26H33F3N4O5SSi/c1-16(38-40(7,8)25(2,3)4)22(31-18-11-14-21(30-5)20(15-18)26(27,28)29)24(35)33-32-23(34)17-9-12-19(13-10-17)39(6,36)37/h9-16,22,31H,1-4,6-8H3,(H,32,34)(H,33,35)/t16-,22+/m0/s1. The highest BCUT2D eigenvalue weighted by atomic mass is 32.2. The summed E-state index contributed by atoms with van der Waals surface area (Å²) in [6, 6.07) is 6.80. The summed E-state index contributed by atoms with van der Waals surface area (Å²) < 4.78 is 70.2. The van der Waals surface area contributed by atoms with E-state index in [4.69, 9.17) is 11.0 Å². The molecule has 9 nitrogen and oxygen atoms in total. The number of nitrogens with one attached hydrogen (secondary N) is 3. The van der Waals surface area contributed by atoms with E-state index in [1.54, 1.807) is 6.92 Å². The summed E-state index contributed by atoms with van der Waals surface area (Å²) in [5.74, 6) is -1.54. The Morgan fingerprint density at radius 2 is 1.60 bits per heavy atom. The van der Waals surface area contributed by atoms with Crippen molar-refractivity contribution in [1.82, 2.24) is 10.9 Å². The van der Waals surface area contributed by atoms with Gasteiger partial charge in [-0.25, -0.2) is 13.3 Å². The van der Waals surface area contributed by atoms with Gasteiger partial charge in [0.05, 0.1) is 23.1 Å². The molecule has 0 unspecified atom stereocenters. The number of halogens is 3. The van der Waals surface area contributed by atoms with Crippen molar-refractivity contribution in [3.8, 4) is 0 Å². The lowest BCUT2D eigenvalue weighted by Gasteiger charge is -2.40. The maximum absolute atomic E-state index is 13.5. The van der Waals surface area contributed by atoms with Crippen molar-refractivity contribution in [3.63, 3.8) is 0 Å². The summed E-state index contributed by atoms with van der Waals surface area (Å²) in [6.07, 6.45) is -4.61. The first-order valence-corrected chi connectivity index (χ1v) is 16.9. The lowest BCUT2D eigenvalue weighted by atomic mass is 10.1. The second-order valence-electron chi connectivity index (χ2n) is 10.8. The molecule has 0 aliphatic rings. The Morgan fingerprint density at radius 3 is 2.08 bits per heavy atom. The van der Waals surface area contributed by atoms with Gasteiger partial charge in [0.2, 0.25) is 0 Å². The molecule has 0 heterocycles. The number of nitrogens with zero attached hydrogens (tertiary/aromatic N) is 1. The topological polar surface area (TPSA) is 118 Å². The molecule has 2 rings (SSSR count). The third-order valence-corrected chi connectivity index (χ3v) is 12.3. The largest absolute Gasteiger partial charge is 0.412 e. The molecule has 0 fully saturated rings. The van der Waals surface area contributed by atoms with Crippen LogP contribution in [0.4, 0.5) is 24.5 Å². The fourth-order valence-corrected chi connectivity index (χ4v) is 5.41. The summed E-state index contributed by atoms with van der Waals surface area (Å²) in [4.78, 5) is 28.8. The third kappa shape index (κ3) is 8.29. The zero-order valence-corrected chi connectivity index (χ0v) is 25.0. The highest BCUT2D eigenvalue weighted by Gasteiger charge is 2.41. The number of hydrogen-bond donors (Lipinski definition) is 3. The van der Waals surface area contributed by atoms with Gasteiger partial charge in [0.25, 0.3) is 11.8 Å². The van der Waals surface area contributed by atoms with Crippen LogP contribution < -0.4 is 16.2 Å². The molecule has 3 N–H and O–H groups in total. The number of amides is 2. The van der Waals surface area contributed by atoms with Crippen molar-refractivity contribution in [1.29, 1.82) is 0 Å². The quantitative estimate of drug-likeness (QED) is 0.215. The van der Waals surface area contributed by atoms with Gasteiger partial charge >= 0.3 is 6.18 Å². The Hall–Kier alpha value is -3.41. The molecular weight excluding hydrogens is 565 g/mol. The first kappa shape index (κ1) is 32.8. The predicted molar refractivity (Wildman–Crippen MR) is 148 cm³/mol. The molecule has 218 valence electrons. The Kier molecular flexibility index (Phi) is 9.83. The summed E-state index contributed by atoms with van der Waals surface area (Å²) in [5, 5.41) is 2.53. The minimum absolute atomic E-state index is 0.0106. The number of carbonyl (C=O) groups is 2. The number of rotatable bonds is 8. The van der Waals surface area contributed by atoms with Crippen LogP contribution in [-0.4, -0.2) is 47.0 Å². The molecular formula is C26H33F3N4O5SSi. The van der Waals surface area contributed by atoms with E-state index in [-0.39, 0.29) is 21.2 Å². The average Bonchev–Trinajstić information content (AvgIpc) is 2.83. The molecule has 0 bridgehead atoms. The van der Waals surface area contributed by atoms with Crippen molar-refractivity contribution >= 4 is 41.3 Å². The van der Waals surface area contributed by atoms with Crippen LogP contribution in [-0.2, 0) is 25.2 Å². The van der Waals surface area contributed by atoms with E-state index < -0.39 is 59.5 Å². The number of hydrogen-bond acceptors (Lipinski definition) is 6. The molecule has 0 saturated carbocycles. The molecule has 0 aliphatic heterocycles. The first-order chi connectivity index (χ1) is 18.2. The third-order valence-electron chi connectivity index (χ3n) is 6.63. The van der Waals surface area contributed by atoms with Crippen LogP contribution in [0.25, 0.3) is 4.85 Å². The van der Waals surface area contributed by atoms with Gasteiger partial charge < -0.3 is 9.74 Å². The summed E-state index contributed by atoms with van der Waals surface area (Å²) in [7, 11) is -5.92. The van der Waals surface area contributed by atoms with E-state index >= 15 is 0 Å². The molecule has 0 aromatic heterocycles. The minimum Gasteiger partial charge on any atom is -0.412 e. The lowest BCUT2D eigenvalue weighted by Crippen LogP contribution is -2.55. The highest BCUT2D eigenvalue weighted by molar-refractivity contribution is 7.90. The van der Waals surface area contributed by atoms with Crippen LogP contribution in [0.2, 0.25) is 18.1 Å². The van der Waals surface area contributed by atoms with E-state index in [0.717, 1.165) is 18.4 Å². The Bertz CT molecular complexity index is 1400. The summed E-state index contributed by atoms with van der Waals surface area (Å²) >= 11 is 0. The zero-order valence-electron chi connectivity index (χ0n) is 23.2. The minimum atomic E-state index is -4.79. The van der Waals surface area contributed by atoms with Crippen LogP contribution in [0.3, 0.4) is 0 Å². The molecule has 0 spiro atoms. The van der Waals surface area contributed by atoms with Gasteiger partial charge in [0.1, 0.15) is 6.04 Å². The van der Waals surface area contributed by atoms with Crippen molar-refractivity contribution in [2.45, 2.75) is 69.0 Å². The molecule has 0 saturated heterocycles. The van der Waals surface area contributed by atoms with E-state index in [1.807, 2.05) is 33.9 Å². The molecule has 2 atom stereocenters. The Morgan fingerprint density at radius 1 is 1.02 bits per heavy atom. The number of hydrazine groups is 1. The summed E-state index contributed by atoms with van der Waals surface area (Å²) in [6.45, 7) is 18.5. The van der Waals surface area contributed by atoms with Gasteiger partial charge in [-0.1, -0.05) is 26.8 Å². The molecule has 2 aromatic rings. The average molecular weight is 599 g/mol. The second-order valence-corrected chi connectivity index (χ2v) is 17.6. The molecule has 0 aliphatic carbocycles. The monoisotopic (exact) mass is 598 g/mol. The maximum atomic E-state index is 13.5. The van der Waals surface area contributed by atoms with Gasteiger partial charge in [-0.15, -0.1) is 0 Å². The SMILES string of the molecule is [C-]#[N+]c1ccc(N[C@@H](C(=O)NNC(=O)c2ccc(S(C)(=O)=O)cc2)[C@H](C)O[Si](C)(C)C(C)(C)C)cc1C(F)(F)F. The molecule has 40 heavy (non-hydrogen) atoms. The van der Waals surface area contributed by atoms with E-state index in [0.29, 0.717) is 0 Å². The van der Waals surface area contributed by atoms with Crippen LogP contribution in [0.1, 0.15) is 43.6 Å². The molecule has 2 aromatic carbocycles. The number of anilines is 1. The maximum Gasteiger partial charge on any atom is 0.407 e. The zero-order chi connectivity index (χ0) is 30.7. The van der Waals surface area contributed by atoms with Gasteiger partial charge in [-0.3, -0.25) is 20.4 Å². The van der Waals surface area contributed by atoms with Crippen LogP contribution >= 0.6 is 0 Å². The normalized spacial score (nSPS) is 14.0. The van der Waals surface area contributed by atoms with Gasteiger partial charge in [0.15, 0.2) is 23.8 Å². The predicted octanol–water partition coefficient (Wildman–Crippen LogP) is 5.31. The Balaban J connectivity index is 2.33. The molecule has 2 amide bonds. The fraction of sp³-hybridized carbons (Fsp3) is 0.423. The van der Waals surface area contributed by atoms with Gasteiger partial charge in [-0.2, -0.15) is 13.2 Å². The van der Waals surface area contributed by atoms with E-state index in [2.05, 4.69) is 21.0 Å². The Labute approximate surface area is 233 Å². The number of alkyl halides is 3. The van der Waals surface area contributed by atoms with Gasteiger partial charge in [0, 0.05) is 17.5 Å². The molecule has 14 heteroatoms. The number of carbonyl (C=O) groups excluding carboxylic acids is 2. The molecule has 0 radical (unpaired) electrons. The second kappa shape index (κ2) is 12.0. The highest BCUT2D eigenvalue weighted by Crippen LogP contribution is 2.39. The first-order valence-electron chi connectivity index (χ1n) is 12.1. The van der Waals surface area contributed by atoms with Gasteiger partial charge in [-0.05, 0) is 61.5 Å². The van der Waals surface area contributed by atoms with Crippen molar-refractivity contribution < 1.29 is 35.6 Å². The van der Waals surface area contributed by atoms with Crippen LogP contribution in [0, 0.1) is 6.57 Å². The smallest absolute Gasteiger partial charge is 0.407 e. The lowest BCUT2D eigenvalue weighted by molar-refractivity contribution is -0.136. The van der Waals surface area contributed by atoms with E-state index in [9.17, 15) is 31.2 Å². The number of benzene rings is 2. The van der Waals surface area contributed by atoms with Crippen molar-refractivity contribution in [2.75, 3.05) is 11.6 Å². The number of sulfone groups is 1. The van der Waals surface area contributed by atoms with Crippen molar-refractivity contribution in [2.24, 2.45) is 0 Å². The summed E-state index contributed by atoms with van der Waals surface area (Å²) in [5.41, 5.74) is 2.74.